The zero-order valence-electron chi connectivity index (χ0n) is 10.8. The minimum absolute atomic E-state index is 0.144. The number of carbonyl (C=O) groups excluding carboxylic acids is 1. The number of carbonyl (C=O) groups is 1. The van der Waals surface area contributed by atoms with Crippen LogP contribution in [-0.2, 0) is 4.79 Å². The number of aryl methyl sites for hydroxylation is 2. The summed E-state index contributed by atoms with van der Waals surface area (Å²) in [5, 5.41) is 6.31. The summed E-state index contributed by atoms with van der Waals surface area (Å²) in [5.74, 6) is 0.144. The number of hydrogen-bond acceptors (Lipinski definition) is 2. The van der Waals surface area contributed by atoms with Gasteiger partial charge in [0, 0.05) is 23.5 Å². The van der Waals surface area contributed by atoms with Crippen molar-refractivity contribution in [2.45, 2.75) is 39.2 Å². The SMILES string of the molecule is Cc1cc(C)c(NCCC(=O)NC2CC2)c(Br)c1. The molecular formula is C14H19BrN2O. The third-order valence-corrected chi connectivity index (χ3v) is 3.65. The average molecular weight is 311 g/mol. The van der Waals surface area contributed by atoms with Crippen molar-refractivity contribution in [2.24, 2.45) is 0 Å². The molecule has 98 valence electrons. The van der Waals surface area contributed by atoms with Crippen molar-refractivity contribution in [3.8, 4) is 0 Å². The largest absolute Gasteiger partial charge is 0.383 e. The normalized spacial score (nSPS) is 14.4. The van der Waals surface area contributed by atoms with Gasteiger partial charge in [0.1, 0.15) is 0 Å². The quantitative estimate of drug-likeness (QED) is 0.877. The lowest BCUT2D eigenvalue weighted by molar-refractivity contribution is -0.120. The maximum atomic E-state index is 11.5. The van der Waals surface area contributed by atoms with E-state index in [0.29, 0.717) is 19.0 Å². The van der Waals surface area contributed by atoms with Gasteiger partial charge in [0.2, 0.25) is 5.91 Å². The van der Waals surface area contributed by atoms with E-state index in [9.17, 15) is 4.79 Å². The van der Waals surface area contributed by atoms with Gasteiger partial charge >= 0.3 is 0 Å². The molecule has 3 nitrogen and oxygen atoms in total. The topological polar surface area (TPSA) is 41.1 Å². The molecule has 1 aromatic rings. The maximum Gasteiger partial charge on any atom is 0.221 e. The zero-order chi connectivity index (χ0) is 13.1. The van der Waals surface area contributed by atoms with Gasteiger partial charge in [-0.1, -0.05) is 6.07 Å². The molecule has 0 spiro atoms. The molecule has 0 bridgehead atoms. The van der Waals surface area contributed by atoms with Crippen molar-refractivity contribution in [2.75, 3.05) is 11.9 Å². The Morgan fingerprint density at radius 1 is 1.39 bits per heavy atom. The van der Waals surface area contributed by atoms with Gasteiger partial charge in [-0.2, -0.15) is 0 Å². The van der Waals surface area contributed by atoms with E-state index in [-0.39, 0.29) is 5.91 Å². The summed E-state index contributed by atoms with van der Waals surface area (Å²) in [4.78, 5) is 11.5. The van der Waals surface area contributed by atoms with Gasteiger partial charge in [-0.05, 0) is 59.8 Å². The maximum absolute atomic E-state index is 11.5. The molecule has 0 aromatic heterocycles. The number of nitrogens with one attached hydrogen (secondary N) is 2. The van der Waals surface area contributed by atoms with Crippen molar-refractivity contribution >= 4 is 27.5 Å². The first-order chi connectivity index (χ1) is 8.56. The first kappa shape index (κ1) is 13.4. The van der Waals surface area contributed by atoms with Crippen LogP contribution in [0.15, 0.2) is 16.6 Å². The predicted molar refractivity (Wildman–Crippen MR) is 77.9 cm³/mol. The van der Waals surface area contributed by atoms with Gasteiger partial charge in [0.25, 0.3) is 0 Å². The molecule has 0 aliphatic heterocycles. The highest BCUT2D eigenvalue weighted by atomic mass is 79.9. The van der Waals surface area contributed by atoms with Crippen LogP contribution in [0.4, 0.5) is 5.69 Å². The summed E-state index contributed by atoms with van der Waals surface area (Å²) in [6.07, 6.45) is 2.81. The fraction of sp³-hybridized carbons (Fsp3) is 0.500. The molecule has 0 radical (unpaired) electrons. The van der Waals surface area contributed by atoms with E-state index in [4.69, 9.17) is 0 Å². The minimum Gasteiger partial charge on any atom is -0.383 e. The lowest BCUT2D eigenvalue weighted by atomic mass is 10.1. The predicted octanol–water partition coefficient (Wildman–Crippen LogP) is 3.15. The van der Waals surface area contributed by atoms with Crippen LogP contribution in [0, 0.1) is 13.8 Å². The van der Waals surface area contributed by atoms with Crippen LogP contribution in [0.2, 0.25) is 0 Å². The summed E-state index contributed by atoms with van der Waals surface area (Å²) in [7, 11) is 0. The highest BCUT2D eigenvalue weighted by molar-refractivity contribution is 9.10. The smallest absolute Gasteiger partial charge is 0.221 e. The fourth-order valence-corrected chi connectivity index (χ4v) is 2.78. The van der Waals surface area contributed by atoms with Crippen molar-refractivity contribution in [1.82, 2.24) is 5.32 Å². The molecule has 1 fully saturated rings. The third-order valence-electron chi connectivity index (χ3n) is 3.03. The molecule has 0 unspecified atom stereocenters. The lowest BCUT2D eigenvalue weighted by Gasteiger charge is -2.12. The van der Waals surface area contributed by atoms with E-state index in [1.54, 1.807) is 0 Å². The molecule has 0 saturated heterocycles. The van der Waals surface area contributed by atoms with Gasteiger partial charge in [0.05, 0.1) is 5.69 Å². The van der Waals surface area contributed by atoms with Crippen LogP contribution in [0.3, 0.4) is 0 Å². The Morgan fingerprint density at radius 3 is 2.72 bits per heavy atom. The number of amides is 1. The molecule has 18 heavy (non-hydrogen) atoms. The van der Waals surface area contributed by atoms with Crippen molar-refractivity contribution in [3.63, 3.8) is 0 Å². The Labute approximate surface area is 116 Å². The second kappa shape index (κ2) is 5.74. The lowest BCUT2D eigenvalue weighted by Crippen LogP contribution is -2.27. The summed E-state index contributed by atoms with van der Waals surface area (Å²) in [5.41, 5.74) is 3.51. The molecule has 1 saturated carbocycles. The zero-order valence-corrected chi connectivity index (χ0v) is 12.4. The Hall–Kier alpha value is -1.03. The monoisotopic (exact) mass is 310 g/mol. The van der Waals surface area contributed by atoms with E-state index in [1.165, 1.54) is 11.1 Å². The summed E-state index contributed by atoms with van der Waals surface area (Å²) in [6, 6.07) is 4.67. The second-order valence-electron chi connectivity index (χ2n) is 4.96. The van der Waals surface area contributed by atoms with Gasteiger partial charge in [-0.15, -0.1) is 0 Å². The fourth-order valence-electron chi connectivity index (χ4n) is 1.97. The van der Waals surface area contributed by atoms with Crippen LogP contribution in [0.5, 0.6) is 0 Å². The van der Waals surface area contributed by atoms with E-state index in [0.717, 1.165) is 23.0 Å². The highest BCUT2D eigenvalue weighted by Gasteiger charge is 2.22. The van der Waals surface area contributed by atoms with Crippen LogP contribution in [0.25, 0.3) is 0 Å². The summed E-state index contributed by atoms with van der Waals surface area (Å²) in [6.45, 7) is 4.82. The van der Waals surface area contributed by atoms with Crippen LogP contribution < -0.4 is 10.6 Å². The molecule has 1 aliphatic rings. The first-order valence-corrected chi connectivity index (χ1v) is 7.15. The van der Waals surface area contributed by atoms with Crippen LogP contribution >= 0.6 is 15.9 Å². The van der Waals surface area contributed by atoms with Gasteiger partial charge in [-0.3, -0.25) is 4.79 Å². The minimum atomic E-state index is 0.144. The van der Waals surface area contributed by atoms with E-state index >= 15 is 0 Å². The van der Waals surface area contributed by atoms with Crippen LogP contribution in [0.1, 0.15) is 30.4 Å². The van der Waals surface area contributed by atoms with Gasteiger partial charge in [0.15, 0.2) is 0 Å². The molecule has 1 aromatic carbocycles. The standard InChI is InChI=1S/C14H19BrN2O/c1-9-7-10(2)14(12(15)8-9)16-6-5-13(18)17-11-3-4-11/h7-8,11,16H,3-6H2,1-2H3,(H,17,18). The molecule has 1 amide bonds. The highest BCUT2D eigenvalue weighted by Crippen LogP contribution is 2.27. The second-order valence-corrected chi connectivity index (χ2v) is 5.81. The first-order valence-electron chi connectivity index (χ1n) is 6.36. The molecule has 2 N–H and O–H groups in total. The van der Waals surface area contributed by atoms with Crippen molar-refractivity contribution < 1.29 is 4.79 Å². The van der Waals surface area contributed by atoms with Crippen LogP contribution in [-0.4, -0.2) is 18.5 Å². The van der Waals surface area contributed by atoms with Crippen molar-refractivity contribution in [1.29, 1.82) is 0 Å². The molecular weight excluding hydrogens is 292 g/mol. The Balaban J connectivity index is 1.84. The Morgan fingerprint density at radius 2 is 2.11 bits per heavy atom. The van der Waals surface area contributed by atoms with Gasteiger partial charge in [-0.25, -0.2) is 0 Å². The van der Waals surface area contributed by atoms with E-state index in [2.05, 4.69) is 52.5 Å². The van der Waals surface area contributed by atoms with E-state index in [1.807, 2.05) is 0 Å². The van der Waals surface area contributed by atoms with E-state index < -0.39 is 0 Å². The number of halogens is 1. The number of benzene rings is 1. The van der Waals surface area contributed by atoms with Crippen molar-refractivity contribution in [3.05, 3.63) is 27.7 Å². The Bertz CT molecular complexity index is 432. The average Bonchev–Trinajstić information content (AvgIpc) is 3.05. The number of hydrogen-bond donors (Lipinski definition) is 2. The molecule has 1 aliphatic carbocycles. The summed E-state index contributed by atoms with van der Waals surface area (Å²) < 4.78 is 1.06. The molecule has 4 heteroatoms. The molecule has 2 rings (SSSR count). The Kier molecular flexibility index (Phi) is 4.27. The van der Waals surface area contributed by atoms with Gasteiger partial charge < -0.3 is 10.6 Å². The molecule has 0 heterocycles. The number of anilines is 1. The number of rotatable bonds is 5. The summed E-state index contributed by atoms with van der Waals surface area (Å²) >= 11 is 3.55. The third kappa shape index (κ3) is 3.73. The molecule has 0 atom stereocenters.